The van der Waals surface area contributed by atoms with Gasteiger partial charge in [0, 0.05) is 44.3 Å². The van der Waals surface area contributed by atoms with Crippen LogP contribution in [0.5, 0.6) is 0 Å². The number of nitrogens with one attached hydrogen (secondary N) is 1. The fourth-order valence-corrected chi connectivity index (χ4v) is 1.43. The summed E-state index contributed by atoms with van der Waals surface area (Å²) in [6.07, 6.45) is 6.41. The molecule has 0 aliphatic carbocycles. The van der Waals surface area contributed by atoms with Gasteiger partial charge in [0.15, 0.2) is 0 Å². The van der Waals surface area contributed by atoms with E-state index in [0.29, 0.717) is 6.04 Å². The minimum Gasteiger partial charge on any atom is -0.310 e. The molecule has 1 aromatic rings. The summed E-state index contributed by atoms with van der Waals surface area (Å²) in [5.74, 6) is 0. The molecular formula is C12H22N4. The van der Waals surface area contributed by atoms with Crippen LogP contribution in [0.2, 0.25) is 0 Å². The molecule has 0 saturated heterocycles. The highest BCUT2D eigenvalue weighted by atomic mass is 15.1. The molecule has 0 aliphatic heterocycles. The third kappa shape index (κ3) is 4.68. The van der Waals surface area contributed by atoms with Crippen molar-refractivity contribution in [2.24, 2.45) is 0 Å². The lowest BCUT2D eigenvalue weighted by Gasteiger charge is -2.23. The van der Waals surface area contributed by atoms with Gasteiger partial charge in [0.1, 0.15) is 0 Å². The summed E-state index contributed by atoms with van der Waals surface area (Å²) in [7, 11) is 2.16. The van der Waals surface area contributed by atoms with Gasteiger partial charge in [-0.25, -0.2) is 0 Å². The first-order valence-corrected chi connectivity index (χ1v) is 5.90. The Morgan fingerprint density at radius 2 is 2.25 bits per heavy atom. The van der Waals surface area contributed by atoms with Crippen molar-refractivity contribution in [1.29, 1.82) is 0 Å². The molecular weight excluding hydrogens is 200 g/mol. The van der Waals surface area contributed by atoms with Crippen LogP contribution in [-0.4, -0.2) is 41.0 Å². The van der Waals surface area contributed by atoms with Crippen molar-refractivity contribution < 1.29 is 0 Å². The Morgan fingerprint density at radius 3 is 2.88 bits per heavy atom. The highest BCUT2D eigenvalue weighted by molar-refractivity contribution is 4.93. The van der Waals surface area contributed by atoms with E-state index in [1.807, 2.05) is 0 Å². The van der Waals surface area contributed by atoms with Crippen molar-refractivity contribution in [1.82, 2.24) is 20.2 Å². The molecule has 1 atom stereocenters. The van der Waals surface area contributed by atoms with E-state index >= 15 is 0 Å². The zero-order chi connectivity index (χ0) is 11.8. The smallest absolute Gasteiger partial charge is 0.0724 e. The largest absolute Gasteiger partial charge is 0.310 e. The molecule has 0 bridgehead atoms. The summed E-state index contributed by atoms with van der Waals surface area (Å²) in [5.41, 5.74) is 0.994. The average molecular weight is 222 g/mol. The van der Waals surface area contributed by atoms with Gasteiger partial charge in [-0.3, -0.25) is 9.97 Å². The Labute approximate surface area is 98.1 Å². The minimum absolute atomic E-state index is 0.651. The number of likely N-dealkylation sites (N-methyl/N-ethyl adjacent to an activating group) is 1. The Kier molecular flexibility index (Phi) is 5.96. The molecule has 0 saturated carbocycles. The van der Waals surface area contributed by atoms with Gasteiger partial charge in [-0.15, -0.1) is 0 Å². The van der Waals surface area contributed by atoms with Crippen LogP contribution >= 0.6 is 0 Å². The fourth-order valence-electron chi connectivity index (χ4n) is 1.43. The quantitative estimate of drug-likeness (QED) is 0.706. The van der Waals surface area contributed by atoms with Crippen molar-refractivity contribution in [3.05, 3.63) is 24.3 Å². The summed E-state index contributed by atoms with van der Waals surface area (Å²) >= 11 is 0. The Bertz CT molecular complexity index is 276. The number of nitrogens with zero attached hydrogens (tertiary/aromatic N) is 3. The monoisotopic (exact) mass is 222 g/mol. The average Bonchev–Trinajstić information content (AvgIpc) is 2.34. The lowest BCUT2D eigenvalue weighted by atomic mass is 10.2. The van der Waals surface area contributed by atoms with Crippen molar-refractivity contribution in [2.45, 2.75) is 32.9 Å². The second-order valence-electron chi connectivity index (χ2n) is 4.11. The highest BCUT2D eigenvalue weighted by Crippen LogP contribution is 1.98. The molecule has 90 valence electrons. The zero-order valence-electron chi connectivity index (χ0n) is 10.5. The summed E-state index contributed by atoms with van der Waals surface area (Å²) in [5, 5.41) is 3.37. The summed E-state index contributed by atoms with van der Waals surface area (Å²) in [6.45, 7) is 7.31. The first-order chi connectivity index (χ1) is 7.74. The number of aromatic nitrogens is 2. The molecule has 16 heavy (non-hydrogen) atoms. The molecule has 1 aromatic heterocycles. The van der Waals surface area contributed by atoms with Crippen molar-refractivity contribution in [3.8, 4) is 0 Å². The maximum atomic E-state index is 4.21. The van der Waals surface area contributed by atoms with Crippen LogP contribution < -0.4 is 5.32 Å². The van der Waals surface area contributed by atoms with Crippen LogP contribution in [0.1, 0.15) is 26.0 Å². The maximum Gasteiger partial charge on any atom is 0.0724 e. The summed E-state index contributed by atoms with van der Waals surface area (Å²) in [6, 6.07) is 0.651. The first kappa shape index (κ1) is 13.1. The SMILES string of the molecule is CCC(C)N(C)CCNCc1cnccn1. The Morgan fingerprint density at radius 1 is 1.44 bits per heavy atom. The van der Waals surface area contributed by atoms with Crippen molar-refractivity contribution in [3.63, 3.8) is 0 Å². The van der Waals surface area contributed by atoms with E-state index in [-0.39, 0.29) is 0 Å². The van der Waals surface area contributed by atoms with E-state index in [1.165, 1.54) is 6.42 Å². The number of hydrogen-bond acceptors (Lipinski definition) is 4. The van der Waals surface area contributed by atoms with Gasteiger partial charge in [-0.05, 0) is 20.4 Å². The van der Waals surface area contributed by atoms with Crippen LogP contribution in [0.25, 0.3) is 0 Å². The molecule has 0 aromatic carbocycles. The van der Waals surface area contributed by atoms with E-state index in [4.69, 9.17) is 0 Å². The van der Waals surface area contributed by atoms with E-state index in [1.54, 1.807) is 18.6 Å². The lowest BCUT2D eigenvalue weighted by Crippen LogP contribution is -2.34. The number of hydrogen-bond donors (Lipinski definition) is 1. The third-order valence-corrected chi connectivity index (χ3v) is 2.91. The van der Waals surface area contributed by atoms with Crippen LogP contribution in [0.3, 0.4) is 0 Å². The second kappa shape index (κ2) is 7.30. The molecule has 1 unspecified atom stereocenters. The van der Waals surface area contributed by atoms with Crippen LogP contribution in [0.4, 0.5) is 0 Å². The van der Waals surface area contributed by atoms with Gasteiger partial charge < -0.3 is 10.2 Å². The third-order valence-electron chi connectivity index (χ3n) is 2.91. The molecule has 1 N–H and O–H groups in total. The Hall–Kier alpha value is -1.00. The van der Waals surface area contributed by atoms with Crippen molar-refractivity contribution >= 4 is 0 Å². The zero-order valence-corrected chi connectivity index (χ0v) is 10.5. The predicted octanol–water partition coefficient (Wildman–Crippen LogP) is 1.30. The van der Waals surface area contributed by atoms with Gasteiger partial charge >= 0.3 is 0 Å². The standard InChI is InChI=1S/C12H22N4/c1-4-11(2)16(3)8-7-14-10-12-9-13-5-6-15-12/h5-6,9,11,14H,4,7-8,10H2,1-3H3. The number of rotatable bonds is 7. The molecule has 0 amide bonds. The summed E-state index contributed by atoms with van der Waals surface area (Å²) in [4.78, 5) is 10.6. The second-order valence-corrected chi connectivity index (χ2v) is 4.11. The van der Waals surface area contributed by atoms with Gasteiger partial charge in [0.25, 0.3) is 0 Å². The minimum atomic E-state index is 0.651. The molecule has 1 rings (SSSR count). The van der Waals surface area contributed by atoms with Crippen LogP contribution in [0, 0.1) is 0 Å². The molecule has 0 fully saturated rings. The fraction of sp³-hybridized carbons (Fsp3) is 0.667. The summed E-state index contributed by atoms with van der Waals surface area (Å²) < 4.78 is 0. The van der Waals surface area contributed by atoms with E-state index in [2.05, 4.69) is 41.1 Å². The topological polar surface area (TPSA) is 41.0 Å². The van der Waals surface area contributed by atoms with Gasteiger partial charge in [0.2, 0.25) is 0 Å². The Balaban J connectivity index is 2.13. The highest BCUT2D eigenvalue weighted by Gasteiger charge is 2.05. The molecule has 1 heterocycles. The molecule has 0 radical (unpaired) electrons. The maximum absolute atomic E-state index is 4.21. The van der Waals surface area contributed by atoms with Crippen LogP contribution in [-0.2, 0) is 6.54 Å². The van der Waals surface area contributed by atoms with Crippen LogP contribution in [0.15, 0.2) is 18.6 Å². The normalized spacial score (nSPS) is 13.0. The van der Waals surface area contributed by atoms with Gasteiger partial charge in [0.05, 0.1) is 5.69 Å². The molecule has 0 spiro atoms. The van der Waals surface area contributed by atoms with Gasteiger partial charge in [-0.2, -0.15) is 0 Å². The van der Waals surface area contributed by atoms with Crippen molar-refractivity contribution in [2.75, 3.05) is 20.1 Å². The van der Waals surface area contributed by atoms with E-state index in [9.17, 15) is 0 Å². The first-order valence-electron chi connectivity index (χ1n) is 5.90. The van der Waals surface area contributed by atoms with Gasteiger partial charge in [-0.1, -0.05) is 6.92 Å². The lowest BCUT2D eigenvalue weighted by molar-refractivity contribution is 0.251. The van der Waals surface area contributed by atoms with E-state index in [0.717, 1.165) is 25.3 Å². The molecule has 0 aliphatic rings. The van der Waals surface area contributed by atoms with E-state index < -0.39 is 0 Å². The molecule has 4 nitrogen and oxygen atoms in total. The molecule has 4 heteroatoms. The predicted molar refractivity (Wildman–Crippen MR) is 66.1 cm³/mol.